The number of carbonyl (C=O) groups is 1. The molecule has 1 amide bonds. The van der Waals surface area contributed by atoms with Crippen molar-refractivity contribution < 1.29 is 4.79 Å². The first-order valence-electron chi connectivity index (χ1n) is 6.79. The second kappa shape index (κ2) is 5.34. The lowest BCUT2D eigenvalue weighted by Gasteiger charge is -2.19. The average Bonchev–Trinajstić information content (AvgIpc) is 2.60. The molecule has 0 bridgehead atoms. The van der Waals surface area contributed by atoms with Crippen molar-refractivity contribution in [3.63, 3.8) is 0 Å². The Kier molecular flexibility index (Phi) is 3.52. The molecule has 0 saturated heterocycles. The van der Waals surface area contributed by atoms with Crippen molar-refractivity contribution in [1.82, 2.24) is 0 Å². The molecule has 0 radical (unpaired) electrons. The summed E-state index contributed by atoms with van der Waals surface area (Å²) in [5.41, 5.74) is 3.33. The zero-order chi connectivity index (χ0) is 15.0. The minimum Gasteiger partial charge on any atom is -0.313 e. The lowest BCUT2D eigenvalue weighted by Crippen LogP contribution is -2.34. The van der Waals surface area contributed by atoms with Crippen LogP contribution >= 0.6 is 11.6 Å². The Labute approximate surface area is 128 Å². The van der Waals surface area contributed by atoms with E-state index in [9.17, 15) is 4.79 Å². The van der Waals surface area contributed by atoms with Gasteiger partial charge in [-0.05, 0) is 36.8 Å². The lowest BCUT2D eigenvalue weighted by molar-refractivity contribution is -0.119. The molecule has 106 valence electrons. The molecule has 1 aliphatic rings. The smallest absolute Gasteiger partial charge is 0.235 e. The fraction of sp³-hybridized carbons (Fsp3) is 0.176. The lowest BCUT2D eigenvalue weighted by atomic mass is 9.97. The summed E-state index contributed by atoms with van der Waals surface area (Å²) in [6, 6.07) is 15.1. The number of aliphatic imine (C=N–C) groups is 1. The number of benzene rings is 2. The van der Waals surface area contributed by atoms with Gasteiger partial charge in [0.25, 0.3) is 0 Å². The van der Waals surface area contributed by atoms with Crippen LogP contribution in [-0.4, -0.2) is 18.7 Å². The highest BCUT2D eigenvalue weighted by atomic mass is 35.5. The third-order valence-corrected chi connectivity index (χ3v) is 3.99. The van der Waals surface area contributed by atoms with Gasteiger partial charge < -0.3 is 4.90 Å². The molecule has 0 fully saturated rings. The number of amides is 1. The van der Waals surface area contributed by atoms with Crippen LogP contribution < -0.4 is 4.90 Å². The predicted octanol–water partition coefficient (Wildman–Crippen LogP) is 4.07. The van der Waals surface area contributed by atoms with Crippen molar-refractivity contribution in [2.24, 2.45) is 10.9 Å². The summed E-state index contributed by atoms with van der Waals surface area (Å²) in [6.45, 7) is 1.89. The number of hydrogen-bond donors (Lipinski definition) is 0. The number of halogens is 1. The summed E-state index contributed by atoms with van der Waals surface area (Å²) in [5, 5.41) is 0.671. The van der Waals surface area contributed by atoms with E-state index >= 15 is 0 Å². The number of carbonyl (C=O) groups excluding carboxylic acids is 1. The van der Waals surface area contributed by atoms with Gasteiger partial charge in [0.05, 0.1) is 23.0 Å². The van der Waals surface area contributed by atoms with E-state index in [2.05, 4.69) is 0 Å². The Hall–Kier alpha value is -2.13. The van der Waals surface area contributed by atoms with Gasteiger partial charge >= 0.3 is 0 Å². The SMILES string of the molecule is CC1C(=O)N(C)c2ccccc2N=C1c1ccc(Cl)cc1. The van der Waals surface area contributed by atoms with E-state index in [1.165, 1.54) is 0 Å². The number of hydrogen-bond acceptors (Lipinski definition) is 2. The van der Waals surface area contributed by atoms with Crippen molar-refractivity contribution in [3.05, 3.63) is 59.1 Å². The molecular formula is C17H15ClN2O. The second-order valence-corrected chi connectivity index (χ2v) is 5.55. The fourth-order valence-electron chi connectivity index (χ4n) is 2.53. The van der Waals surface area contributed by atoms with Crippen LogP contribution in [-0.2, 0) is 4.79 Å². The molecule has 0 spiro atoms. The van der Waals surface area contributed by atoms with Crippen LogP contribution in [0.3, 0.4) is 0 Å². The van der Waals surface area contributed by atoms with Gasteiger partial charge in [0.1, 0.15) is 0 Å². The molecular weight excluding hydrogens is 284 g/mol. The topological polar surface area (TPSA) is 32.7 Å². The minimum absolute atomic E-state index is 0.0358. The Balaban J connectivity index is 2.17. The Bertz CT molecular complexity index is 722. The van der Waals surface area contributed by atoms with E-state index in [1.807, 2.05) is 55.5 Å². The van der Waals surface area contributed by atoms with Gasteiger partial charge in [-0.25, -0.2) is 4.99 Å². The normalized spacial score (nSPS) is 18.0. The number of para-hydroxylation sites is 2. The predicted molar refractivity (Wildman–Crippen MR) is 86.7 cm³/mol. The van der Waals surface area contributed by atoms with Gasteiger partial charge in [-0.2, -0.15) is 0 Å². The number of rotatable bonds is 1. The summed E-state index contributed by atoms with van der Waals surface area (Å²) in [7, 11) is 1.79. The first kappa shape index (κ1) is 13.8. The molecule has 2 aromatic rings. The monoisotopic (exact) mass is 298 g/mol. The molecule has 1 unspecified atom stereocenters. The van der Waals surface area contributed by atoms with E-state index in [0.29, 0.717) is 5.02 Å². The number of anilines is 1. The zero-order valence-electron chi connectivity index (χ0n) is 11.9. The van der Waals surface area contributed by atoms with Gasteiger partial charge in [-0.15, -0.1) is 0 Å². The highest BCUT2D eigenvalue weighted by molar-refractivity contribution is 6.30. The van der Waals surface area contributed by atoms with Crippen LogP contribution in [0.15, 0.2) is 53.5 Å². The van der Waals surface area contributed by atoms with Crippen LogP contribution in [0.5, 0.6) is 0 Å². The van der Waals surface area contributed by atoms with Gasteiger partial charge in [0.15, 0.2) is 0 Å². The summed E-state index contributed by atoms with van der Waals surface area (Å²) in [5.74, 6) is -0.266. The maximum Gasteiger partial charge on any atom is 0.235 e. The molecule has 1 heterocycles. The number of fused-ring (bicyclic) bond motifs is 1. The van der Waals surface area contributed by atoms with Gasteiger partial charge in [0, 0.05) is 12.1 Å². The molecule has 3 nitrogen and oxygen atoms in total. The van der Waals surface area contributed by atoms with E-state index in [4.69, 9.17) is 16.6 Å². The highest BCUT2D eigenvalue weighted by Crippen LogP contribution is 2.33. The molecule has 1 atom stereocenters. The molecule has 0 N–H and O–H groups in total. The number of nitrogens with zero attached hydrogens (tertiary/aromatic N) is 2. The minimum atomic E-state index is -0.302. The molecule has 3 rings (SSSR count). The third kappa shape index (κ3) is 2.45. The quantitative estimate of drug-likeness (QED) is 0.781. The average molecular weight is 299 g/mol. The van der Waals surface area contributed by atoms with Gasteiger partial charge in [-0.3, -0.25) is 4.79 Å². The van der Waals surface area contributed by atoms with Gasteiger partial charge in [-0.1, -0.05) is 35.9 Å². The van der Waals surface area contributed by atoms with Crippen molar-refractivity contribution in [1.29, 1.82) is 0 Å². The first-order chi connectivity index (χ1) is 10.1. The van der Waals surface area contributed by atoms with Crippen LogP contribution in [0.1, 0.15) is 12.5 Å². The van der Waals surface area contributed by atoms with Crippen LogP contribution in [0, 0.1) is 5.92 Å². The zero-order valence-corrected chi connectivity index (χ0v) is 12.6. The van der Waals surface area contributed by atoms with Crippen molar-refractivity contribution >= 4 is 34.6 Å². The second-order valence-electron chi connectivity index (χ2n) is 5.11. The summed E-state index contributed by atoms with van der Waals surface area (Å²) in [4.78, 5) is 19.0. The third-order valence-electron chi connectivity index (χ3n) is 3.74. The van der Waals surface area contributed by atoms with Crippen LogP contribution in [0.25, 0.3) is 0 Å². The maximum atomic E-state index is 12.6. The molecule has 0 aliphatic carbocycles. The summed E-state index contributed by atoms with van der Waals surface area (Å²) in [6.07, 6.45) is 0. The van der Waals surface area contributed by atoms with Crippen molar-refractivity contribution in [2.45, 2.75) is 6.92 Å². The van der Waals surface area contributed by atoms with Crippen molar-refractivity contribution in [2.75, 3.05) is 11.9 Å². The Morgan fingerprint density at radius 1 is 1.10 bits per heavy atom. The van der Waals surface area contributed by atoms with E-state index in [0.717, 1.165) is 22.6 Å². The van der Waals surface area contributed by atoms with E-state index in [-0.39, 0.29) is 11.8 Å². The van der Waals surface area contributed by atoms with Gasteiger partial charge in [0.2, 0.25) is 5.91 Å². The molecule has 2 aromatic carbocycles. The van der Waals surface area contributed by atoms with Crippen LogP contribution in [0.4, 0.5) is 11.4 Å². The fourth-order valence-corrected chi connectivity index (χ4v) is 2.66. The molecule has 21 heavy (non-hydrogen) atoms. The maximum absolute atomic E-state index is 12.6. The molecule has 1 aliphatic heterocycles. The summed E-state index contributed by atoms with van der Waals surface area (Å²) >= 11 is 5.94. The molecule has 0 aromatic heterocycles. The largest absolute Gasteiger partial charge is 0.313 e. The molecule has 0 saturated carbocycles. The summed E-state index contributed by atoms with van der Waals surface area (Å²) < 4.78 is 0. The Morgan fingerprint density at radius 2 is 1.76 bits per heavy atom. The van der Waals surface area contributed by atoms with E-state index in [1.54, 1.807) is 11.9 Å². The standard InChI is InChI=1S/C17H15ClN2O/c1-11-16(12-7-9-13(18)10-8-12)19-14-5-3-4-6-15(14)20(2)17(11)21/h3-11H,1-2H3. The molecule has 4 heteroatoms. The van der Waals surface area contributed by atoms with Crippen LogP contribution in [0.2, 0.25) is 5.02 Å². The highest BCUT2D eigenvalue weighted by Gasteiger charge is 2.28. The first-order valence-corrected chi connectivity index (χ1v) is 7.17. The van der Waals surface area contributed by atoms with Crippen molar-refractivity contribution in [3.8, 4) is 0 Å². The Morgan fingerprint density at radius 3 is 2.48 bits per heavy atom. The van der Waals surface area contributed by atoms with E-state index < -0.39 is 0 Å².